The third-order valence-electron chi connectivity index (χ3n) is 11.6. The molecule has 63 heavy (non-hydrogen) atoms. The molecular weight excluding hydrogens is 805 g/mol. The first-order valence-electron chi connectivity index (χ1n) is 21.0. The molecule has 0 aromatic heterocycles. The van der Waals surface area contributed by atoms with Gasteiger partial charge in [0.15, 0.2) is 0 Å². The molecule has 2 spiro atoms. The first-order valence-corrected chi connectivity index (χ1v) is 21.0. The normalized spacial score (nSPS) is 17.5. The lowest BCUT2D eigenvalue weighted by Gasteiger charge is -2.41. The summed E-state index contributed by atoms with van der Waals surface area (Å²) in [7, 11) is 8.17. The minimum Gasteiger partial charge on any atom is -0.497 e. The van der Waals surface area contributed by atoms with E-state index in [4.69, 9.17) is 56.8 Å². The number of hydrogen-bond donors (Lipinski definition) is 0. The minimum atomic E-state index is -0.987. The van der Waals surface area contributed by atoms with Gasteiger partial charge in [-0.1, -0.05) is 36.4 Å². The Kier molecular flexibility index (Phi) is 12.0. The van der Waals surface area contributed by atoms with Crippen molar-refractivity contribution in [2.24, 2.45) is 0 Å². The van der Waals surface area contributed by atoms with E-state index in [1.807, 2.05) is 127 Å². The van der Waals surface area contributed by atoms with Gasteiger partial charge >= 0.3 is 0 Å². The third-order valence-corrected chi connectivity index (χ3v) is 11.6. The molecule has 6 aromatic carbocycles. The zero-order valence-electron chi connectivity index (χ0n) is 36.0. The Hall–Kier alpha value is -6.12. The summed E-state index contributed by atoms with van der Waals surface area (Å²) < 4.78 is 70.0. The number of ether oxygens (including phenoxy) is 12. The molecule has 5 heterocycles. The number of hydrogen-bond acceptors (Lipinski definition) is 12. The Morgan fingerprint density at radius 2 is 0.683 bits per heavy atom. The molecule has 2 saturated heterocycles. The highest BCUT2D eigenvalue weighted by Gasteiger charge is 2.48. The standard InChI is InChI=1S/C18H18O4.C17H16O4.C16H16O4/c1-19-13-8-9-17-15(12-13)18(20-10-4-5-11-21-18)14-6-2-3-7-16(14)22-17;1-18-12-7-8-16-14(11-12)17(19-9-4-10-20-17)13-5-2-3-6-15(13)21-16;1-17-11-8-9-15-13(10-11)16(18-2,19-3)12-6-4-5-7-14(12)20-15/h2-3,6-9,12H,4-5,10-11H2,1H3;2-3,5-8,11H,4,9-10H2,1H3;4-10H,1-3H3. The first-order chi connectivity index (χ1) is 30.9. The van der Waals surface area contributed by atoms with Gasteiger partial charge < -0.3 is 56.8 Å². The Labute approximate surface area is 367 Å². The van der Waals surface area contributed by atoms with Crippen molar-refractivity contribution in [1.82, 2.24) is 0 Å². The van der Waals surface area contributed by atoms with E-state index < -0.39 is 17.4 Å². The van der Waals surface area contributed by atoms with Crippen molar-refractivity contribution < 1.29 is 56.8 Å². The smallest absolute Gasteiger partial charge is 0.229 e. The molecule has 11 rings (SSSR count). The summed E-state index contributed by atoms with van der Waals surface area (Å²) in [6, 6.07) is 40.4. The molecule has 2 fully saturated rings. The van der Waals surface area contributed by atoms with E-state index in [-0.39, 0.29) is 0 Å². The lowest BCUT2D eigenvalue weighted by Crippen LogP contribution is -2.41. The van der Waals surface area contributed by atoms with Gasteiger partial charge in [0.2, 0.25) is 17.4 Å². The summed E-state index contributed by atoms with van der Waals surface area (Å²) in [5.74, 6) is 3.95. The predicted molar refractivity (Wildman–Crippen MR) is 233 cm³/mol. The number of rotatable bonds is 5. The average Bonchev–Trinajstić information content (AvgIpc) is 3.61. The Morgan fingerprint density at radius 1 is 0.349 bits per heavy atom. The molecule has 0 aliphatic carbocycles. The van der Waals surface area contributed by atoms with Crippen molar-refractivity contribution >= 4 is 0 Å². The summed E-state index contributed by atoms with van der Waals surface area (Å²) in [6.45, 7) is 2.63. The maximum Gasteiger partial charge on any atom is 0.229 e. The van der Waals surface area contributed by atoms with Gasteiger partial charge in [-0.25, -0.2) is 0 Å². The summed E-state index contributed by atoms with van der Waals surface area (Å²) in [6.07, 6.45) is 2.87. The van der Waals surface area contributed by atoms with Gasteiger partial charge in [-0.2, -0.15) is 0 Å². The quantitative estimate of drug-likeness (QED) is 0.154. The zero-order chi connectivity index (χ0) is 43.4. The van der Waals surface area contributed by atoms with Crippen LogP contribution in [-0.2, 0) is 45.8 Å². The molecule has 12 heteroatoms. The molecule has 6 aromatic rings. The second kappa shape index (κ2) is 17.9. The lowest BCUT2D eigenvalue weighted by molar-refractivity contribution is -0.252. The van der Waals surface area contributed by atoms with Crippen LogP contribution in [0.3, 0.4) is 0 Å². The predicted octanol–water partition coefficient (Wildman–Crippen LogP) is 10.6. The largest absolute Gasteiger partial charge is 0.497 e. The van der Waals surface area contributed by atoms with Crippen molar-refractivity contribution in [3.63, 3.8) is 0 Å². The monoisotopic (exact) mass is 854 g/mol. The first kappa shape index (κ1) is 42.2. The summed E-state index contributed by atoms with van der Waals surface area (Å²) in [5.41, 5.74) is 5.18. The van der Waals surface area contributed by atoms with E-state index in [0.29, 0.717) is 32.2 Å². The summed E-state index contributed by atoms with van der Waals surface area (Å²) in [4.78, 5) is 0. The van der Waals surface area contributed by atoms with Crippen LogP contribution in [0.1, 0.15) is 52.6 Å². The molecule has 0 atom stereocenters. The maximum absolute atomic E-state index is 6.23. The van der Waals surface area contributed by atoms with E-state index in [9.17, 15) is 0 Å². The highest BCUT2D eigenvalue weighted by molar-refractivity contribution is 5.59. The van der Waals surface area contributed by atoms with Crippen molar-refractivity contribution in [1.29, 1.82) is 0 Å². The fourth-order valence-electron chi connectivity index (χ4n) is 8.58. The molecule has 0 radical (unpaired) electrons. The zero-order valence-corrected chi connectivity index (χ0v) is 36.0. The molecule has 326 valence electrons. The maximum atomic E-state index is 6.23. The van der Waals surface area contributed by atoms with Crippen LogP contribution in [0.4, 0.5) is 0 Å². The molecular formula is C51H50O12. The van der Waals surface area contributed by atoms with Crippen molar-refractivity contribution in [2.75, 3.05) is 62.0 Å². The van der Waals surface area contributed by atoms with E-state index in [1.165, 1.54) is 0 Å². The summed E-state index contributed by atoms with van der Waals surface area (Å²) >= 11 is 0. The van der Waals surface area contributed by atoms with Crippen LogP contribution in [-0.4, -0.2) is 62.0 Å². The molecule has 0 unspecified atom stereocenters. The van der Waals surface area contributed by atoms with Crippen LogP contribution in [0.25, 0.3) is 0 Å². The van der Waals surface area contributed by atoms with Gasteiger partial charge in [0.25, 0.3) is 0 Å². The molecule has 5 aliphatic heterocycles. The van der Waals surface area contributed by atoms with Gasteiger partial charge in [-0.15, -0.1) is 0 Å². The van der Waals surface area contributed by atoms with Gasteiger partial charge in [0, 0.05) is 14.2 Å². The molecule has 0 amide bonds. The lowest BCUT2D eigenvalue weighted by atomic mass is 9.92. The molecule has 5 aliphatic rings. The van der Waals surface area contributed by atoms with Crippen molar-refractivity contribution in [2.45, 2.75) is 36.6 Å². The Morgan fingerprint density at radius 3 is 1.10 bits per heavy atom. The molecule has 0 bridgehead atoms. The van der Waals surface area contributed by atoms with Crippen molar-refractivity contribution in [3.8, 4) is 51.7 Å². The molecule has 12 nitrogen and oxygen atoms in total. The fourth-order valence-corrected chi connectivity index (χ4v) is 8.58. The summed E-state index contributed by atoms with van der Waals surface area (Å²) in [5, 5.41) is 0. The van der Waals surface area contributed by atoms with Gasteiger partial charge in [0.1, 0.15) is 51.7 Å². The minimum absolute atomic E-state index is 0.658. The number of methoxy groups -OCH3 is 5. The van der Waals surface area contributed by atoms with Gasteiger partial charge in [-0.05, 0) is 110 Å². The second-order valence-corrected chi connectivity index (χ2v) is 15.1. The third kappa shape index (κ3) is 7.52. The number of benzene rings is 6. The van der Waals surface area contributed by atoms with Crippen LogP contribution in [0.5, 0.6) is 51.7 Å². The van der Waals surface area contributed by atoms with Crippen LogP contribution >= 0.6 is 0 Å². The van der Waals surface area contributed by atoms with Gasteiger partial charge in [-0.3, -0.25) is 0 Å². The molecule has 0 N–H and O–H groups in total. The van der Waals surface area contributed by atoms with Crippen LogP contribution in [0, 0.1) is 0 Å². The van der Waals surface area contributed by atoms with Crippen molar-refractivity contribution in [3.05, 3.63) is 161 Å². The Balaban J connectivity index is 0.000000120. The average molecular weight is 855 g/mol. The van der Waals surface area contributed by atoms with E-state index in [2.05, 4.69) is 0 Å². The second-order valence-electron chi connectivity index (χ2n) is 15.1. The van der Waals surface area contributed by atoms with Gasteiger partial charge in [0.05, 0.1) is 81.1 Å². The number of para-hydroxylation sites is 3. The Bertz CT molecular complexity index is 2550. The van der Waals surface area contributed by atoms with Crippen LogP contribution in [0.2, 0.25) is 0 Å². The van der Waals surface area contributed by atoms with E-state index >= 15 is 0 Å². The fraction of sp³-hybridized carbons (Fsp3) is 0.294. The van der Waals surface area contributed by atoms with E-state index in [0.717, 1.165) is 98.6 Å². The highest BCUT2D eigenvalue weighted by Crippen LogP contribution is 2.53. The SMILES string of the molecule is COc1ccc2c(c1)C(OC)(OC)c1ccccc1O2.COc1ccc2c(c1)C1(OCCCCO1)c1ccccc1O2.COc1ccc2c(c1)C1(OCCCO1)c1ccccc1O2. The number of fused-ring (bicyclic) bond motifs is 10. The van der Waals surface area contributed by atoms with Crippen LogP contribution < -0.4 is 28.4 Å². The topological polar surface area (TPSA) is 111 Å². The van der Waals surface area contributed by atoms with Crippen LogP contribution in [0.15, 0.2) is 127 Å². The molecule has 0 saturated carbocycles. The highest BCUT2D eigenvalue weighted by atomic mass is 16.7. The van der Waals surface area contributed by atoms with E-state index in [1.54, 1.807) is 35.5 Å².